The average molecular weight is 245 g/mol. The summed E-state index contributed by atoms with van der Waals surface area (Å²) in [6, 6.07) is -0.754. The van der Waals surface area contributed by atoms with Gasteiger partial charge in [-0.05, 0) is 5.92 Å². The fourth-order valence-electron chi connectivity index (χ4n) is 1.21. The van der Waals surface area contributed by atoms with Gasteiger partial charge in [-0.1, -0.05) is 20.3 Å². The van der Waals surface area contributed by atoms with Gasteiger partial charge in [0.05, 0.1) is 6.54 Å². The van der Waals surface area contributed by atoms with Gasteiger partial charge < -0.3 is 21.5 Å². The Bertz CT molecular complexity index is 293. The lowest BCUT2D eigenvalue weighted by atomic mass is 9.98. The molecule has 5 N–H and O–H groups in total. The van der Waals surface area contributed by atoms with Crippen LogP contribution in [0, 0.1) is 5.92 Å². The van der Waals surface area contributed by atoms with E-state index in [1.54, 1.807) is 6.92 Å². The van der Waals surface area contributed by atoms with Crippen molar-refractivity contribution in [2.75, 3.05) is 13.1 Å². The van der Waals surface area contributed by atoms with Crippen LogP contribution in [0.1, 0.15) is 20.3 Å². The van der Waals surface area contributed by atoms with E-state index in [4.69, 9.17) is 10.8 Å². The van der Waals surface area contributed by atoms with E-state index in [2.05, 4.69) is 10.6 Å². The van der Waals surface area contributed by atoms with E-state index in [1.165, 1.54) is 0 Å². The number of carboxylic acids is 1. The van der Waals surface area contributed by atoms with Crippen LogP contribution in [0.25, 0.3) is 0 Å². The standard InChI is InChI=1S/C10H19N3O4/c1-3-6(2)9(13-7(14)4-11)10(17)12-5-8(15)16/h6,9H,3-5,11H2,1-2H3,(H,12,17)(H,13,14)(H,15,16)/t6-,9?/m0/s1. The second kappa shape index (κ2) is 7.61. The lowest BCUT2D eigenvalue weighted by Crippen LogP contribution is -2.52. The van der Waals surface area contributed by atoms with Crippen molar-refractivity contribution in [2.24, 2.45) is 11.7 Å². The Hall–Kier alpha value is -1.63. The maximum atomic E-state index is 11.7. The van der Waals surface area contributed by atoms with Crippen molar-refractivity contribution >= 4 is 17.8 Å². The Kier molecular flexibility index (Phi) is 6.88. The van der Waals surface area contributed by atoms with E-state index < -0.39 is 30.4 Å². The fraction of sp³-hybridized carbons (Fsp3) is 0.700. The summed E-state index contributed by atoms with van der Waals surface area (Å²) in [7, 11) is 0. The zero-order valence-corrected chi connectivity index (χ0v) is 10.0. The quantitative estimate of drug-likeness (QED) is 0.443. The molecule has 7 nitrogen and oxygen atoms in total. The number of carboxylic acid groups (broad SMARTS) is 1. The molecule has 0 aliphatic carbocycles. The first-order valence-electron chi connectivity index (χ1n) is 5.41. The van der Waals surface area contributed by atoms with E-state index in [9.17, 15) is 14.4 Å². The molecule has 0 aromatic heterocycles. The topological polar surface area (TPSA) is 122 Å². The van der Waals surface area contributed by atoms with Crippen molar-refractivity contribution < 1.29 is 19.5 Å². The molecule has 0 aliphatic heterocycles. The van der Waals surface area contributed by atoms with Crippen LogP contribution in [0.4, 0.5) is 0 Å². The summed E-state index contributed by atoms with van der Waals surface area (Å²) >= 11 is 0. The Morgan fingerprint density at radius 3 is 2.35 bits per heavy atom. The van der Waals surface area contributed by atoms with Crippen LogP contribution < -0.4 is 16.4 Å². The summed E-state index contributed by atoms with van der Waals surface area (Å²) in [4.78, 5) is 33.1. The van der Waals surface area contributed by atoms with E-state index >= 15 is 0 Å². The molecule has 0 radical (unpaired) electrons. The highest BCUT2D eigenvalue weighted by atomic mass is 16.4. The van der Waals surface area contributed by atoms with Gasteiger partial charge in [-0.15, -0.1) is 0 Å². The first-order chi connectivity index (χ1) is 7.92. The molecule has 7 heteroatoms. The molecule has 1 unspecified atom stereocenters. The monoisotopic (exact) mass is 245 g/mol. The maximum Gasteiger partial charge on any atom is 0.322 e. The van der Waals surface area contributed by atoms with Gasteiger partial charge in [-0.2, -0.15) is 0 Å². The molecular formula is C10H19N3O4. The molecule has 0 aliphatic rings. The molecule has 98 valence electrons. The highest BCUT2D eigenvalue weighted by Gasteiger charge is 2.25. The first-order valence-corrected chi connectivity index (χ1v) is 5.41. The SMILES string of the molecule is CC[C@H](C)C(NC(=O)CN)C(=O)NCC(=O)O. The Morgan fingerprint density at radius 2 is 1.94 bits per heavy atom. The van der Waals surface area contributed by atoms with Gasteiger partial charge >= 0.3 is 5.97 Å². The van der Waals surface area contributed by atoms with E-state index in [0.717, 1.165) is 0 Å². The summed E-state index contributed by atoms with van der Waals surface area (Å²) in [5, 5.41) is 13.2. The maximum absolute atomic E-state index is 11.7. The highest BCUT2D eigenvalue weighted by molar-refractivity contribution is 5.90. The molecule has 0 fully saturated rings. The smallest absolute Gasteiger partial charge is 0.322 e. The molecule has 0 saturated carbocycles. The zero-order chi connectivity index (χ0) is 13.4. The Balaban J connectivity index is 4.50. The third-order valence-corrected chi connectivity index (χ3v) is 2.41. The van der Waals surface area contributed by atoms with Crippen molar-refractivity contribution in [2.45, 2.75) is 26.3 Å². The molecule has 0 bridgehead atoms. The third-order valence-electron chi connectivity index (χ3n) is 2.41. The first kappa shape index (κ1) is 15.4. The lowest BCUT2D eigenvalue weighted by molar-refractivity contribution is -0.138. The van der Waals surface area contributed by atoms with Crippen molar-refractivity contribution in [1.29, 1.82) is 0 Å². The van der Waals surface area contributed by atoms with Gasteiger partial charge in [-0.25, -0.2) is 0 Å². The average Bonchev–Trinajstić information content (AvgIpc) is 2.31. The van der Waals surface area contributed by atoms with Crippen molar-refractivity contribution in [3.63, 3.8) is 0 Å². The number of hydrogen-bond donors (Lipinski definition) is 4. The Labute approximate surface area is 99.7 Å². The molecule has 2 atom stereocenters. The van der Waals surface area contributed by atoms with Crippen LogP contribution >= 0.6 is 0 Å². The largest absolute Gasteiger partial charge is 0.480 e. The molecular weight excluding hydrogens is 226 g/mol. The number of nitrogens with two attached hydrogens (primary N) is 1. The minimum absolute atomic E-state index is 0.0979. The summed E-state index contributed by atoms with van der Waals surface area (Å²) < 4.78 is 0. The minimum Gasteiger partial charge on any atom is -0.480 e. The van der Waals surface area contributed by atoms with Gasteiger partial charge in [-0.3, -0.25) is 14.4 Å². The summed E-state index contributed by atoms with van der Waals surface area (Å²) in [5.74, 6) is -2.19. The minimum atomic E-state index is -1.13. The normalized spacial score (nSPS) is 13.6. The van der Waals surface area contributed by atoms with Crippen LogP contribution in [0.2, 0.25) is 0 Å². The molecule has 17 heavy (non-hydrogen) atoms. The van der Waals surface area contributed by atoms with Crippen LogP contribution in [0.3, 0.4) is 0 Å². The van der Waals surface area contributed by atoms with Gasteiger partial charge in [0.2, 0.25) is 11.8 Å². The summed E-state index contributed by atoms with van der Waals surface area (Å²) in [6.45, 7) is 2.99. The van der Waals surface area contributed by atoms with Crippen molar-refractivity contribution in [3.8, 4) is 0 Å². The van der Waals surface area contributed by atoms with Crippen molar-refractivity contribution in [3.05, 3.63) is 0 Å². The predicted octanol–water partition coefficient (Wildman–Crippen LogP) is -1.32. The number of carbonyl (C=O) groups excluding carboxylic acids is 2. The number of rotatable bonds is 7. The third kappa shape index (κ3) is 5.86. The van der Waals surface area contributed by atoms with Crippen molar-refractivity contribution in [1.82, 2.24) is 10.6 Å². The number of carbonyl (C=O) groups is 3. The molecule has 0 aromatic carbocycles. The zero-order valence-electron chi connectivity index (χ0n) is 10.0. The molecule has 0 aromatic rings. The molecule has 0 heterocycles. The fourth-order valence-corrected chi connectivity index (χ4v) is 1.21. The number of hydrogen-bond acceptors (Lipinski definition) is 4. The van der Waals surface area contributed by atoms with Crippen LogP contribution in [0.15, 0.2) is 0 Å². The number of aliphatic carboxylic acids is 1. The number of nitrogens with one attached hydrogen (secondary N) is 2. The Morgan fingerprint density at radius 1 is 1.35 bits per heavy atom. The van der Waals surface area contributed by atoms with Gasteiger partial charge in [0, 0.05) is 0 Å². The van der Waals surface area contributed by atoms with Gasteiger partial charge in [0.1, 0.15) is 12.6 Å². The van der Waals surface area contributed by atoms with Gasteiger partial charge in [0.25, 0.3) is 0 Å². The molecule has 2 amide bonds. The van der Waals surface area contributed by atoms with E-state index in [-0.39, 0.29) is 12.5 Å². The van der Waals surface area contributed by atoms with E-state index in [1.807, 2.05) is 6.92 Å². The second-order valence-corrected chi connectivity index (χ2v) is 3.75. The molecule has 0 rings (SSSR count). The highest BCUT2D eigenvalue weighted by Crippen LogP contribution is 2.07. The predicted molar refractivity (Wildman–Crippen MR) is 61.1 cm³/mol. The second-order valence-electron chi connectivity index (χ2n) is 3.75. The molecule has 0 spiro atoms. The van der Waals surface area contributed by atoms with Crippen LogP contribution in [-0.2, 0) is 14.4 Å². The lowest BCUT2D eigenvalue weighted by Gasteiger charge is -2.22. The summed E-state index contributed by atoms with van der Waals surface area (Å²) in [5.41, 5.74) is 5.15. The van der Waals surface area contributed by atoms with Gasteiger partial charge in [0.15, 0.2) is 0 Å². The van der Waals surface area contributed by atoms with Crippen LogP contribution in [-0.4, -0.2) is 42.0 Å². The van der Waals surface area contributed by atoms with E-state index in [0.29, 0.717) is 6.42 Å². The molecule has 0 saturated heterocycles. The summed E-state index contributed by atoms with van der Waals surface area (Å²) in [6.07, 6.45) is 0.677. The van der Waals surface area contributed by atoms with Crippen LogP contribution in [0.5, 0.6) is 0 Å². The number of amides is 2.